The molecule has 1 aromatic heterocycles. The molecule has 0 amide bonds. The number of aromatic carboxylic acids is 1. The molecule has 10 heteroatoms. The SMILES string of the molecule is Cc1cc(Nc2cc([N+](=O)[O-])ccc2C(=O)O)nc(SCc2ccccc2Cl)n1. The molecule has 0 atom stereocenters. The van der Waals surface area contributed by atoms with Gasteiger partial charge in [-0.3, -0.25) is 10.1 Å². The van der Waals surface area contributed by atoms with E-state index in [4.69, 9.17) is 11.6 Å². The second kappa shape index (κ2) is 8.89. The predicted octanol–water partition coefficient (Wildman–Crippen LogP) is 5.08. The van der Waals surface area contributed by atoms with Gasteiger partial charge >= 0.3 is 5.97 Å². The van der Waals surface area contributed by atoms with Crippen molar-refractivity contribution >= 4 is 46.5 Å². The van der Waals surface area contributed by atoms with Crippen molar-refractivity contribution in [2.75, 3.05) is 5.32 Å². The zero-order valence-electron chi connectivity index (χ0n) is 15.1. The van der Waals surface area contributed by atoms with E-state index in [1.807, 2.05) is 18.2 Å². The molecular weight excluding hydrogens is 416 g/mol. The van der Waals surface area contributed by atoms with Gasteiger partial charge in [0.15, 0.2) is 5.16 Å². The molecule has 3 aromatic rings. The number of aromatic nitrogens is 2. The number of carbonyl (C=O) groups is 1. The first-order chi connectivity index (χ1) is 13.8. The number of anilines is 2. The fourth-order valence-electron chi connectivity index (χ4n) is 2.50. The summed E-state index contributed by atoms with van der Waals surface area (Å²) in [5.74, 6) is -0.316. The van der Waals surface area contributed by atoms with E-state index in [9.17, 15) is 20.0 Å². The number of carboxylic acid groups (broad SMARTS) is 1. The zero-order chi connectivity index (χ0) is 21.0. The highest BCUT2D eigenvalue weighted by molar-refractivity contribution is 7.98. The van der Waals surface area contributed by atoms with Crippen molar-refractivity contribution in [3.05, 3.63) is 80.5 Å². The van der Waals surface area contributed by atoms with Crippen LogP contribution in [-0.2, 0) is 5.75 Å². The molecule has 29 heavy (non-hydrogen) atoms. The Labute approximate surface area is 175 Å². The summed E-state index contributed by atoms with van der Waals surface area (Å²) in [6.45, 7) is 1.78. The maximum atomic E-state index is 11.5. The van der Waals surface area contributed by atoms with Gasteiger partial charge in [0.2, 0.25) is 0 Å². The normalized spacial score (nSPS) is 10.6. The van der Waals surface area contributed by atoms with Crippen molar-refractivity contribution in [2.45, 2.75) is 17.8 Å². The van der Waals surface area contributed by atoms with Gasteiger partial charge in [-0.1, -0.05) is 41.6 Å². The fraction of sp³-hybridized carbons (Fsp3) is 0.105. The van der Waals surface area contributed by atoms with Gasteiger partial charge < -0.3 is 10.4 Å². The van der Waals surface area contributed by atoms with E-state index >= 15 is 0 Å². The number of hydrogen-bond acceptors (Lipinski definition) is 7. The van der Waals surface area contributed by atoms with Crippen LogP contribution in [0.1, 0.15) is 21.6 Å². The Balaban J connectivity index is 1.87. The van der Waals surface area contributed by atoms with Gasteiger partial charge in [0.25, 0.3) is 5.69 Å². The first kappa shape index (κ1) is 20.6. The molecule has 0 aliphatic rings. The molecule has 0 spiro atoms. The van der Waals surface area contributed by atoms with Crippen LogP contribution in [0.25, 0.3) is 0 Å². The third-order valence-electron chi connectivity index (χ3n) is 3.86. The fourth-order valence-corrected chi connectivity index (χ4v) is 3.69. The largest absolute Gasteiger partial charge is 0.478 e. The molecule has 0 bridgehead atoms. The van der Waals surface area contributed by atoms with E-state index < -0.39 is 10.9 Å². The summed E-state index contributed by atoms with van der Waals surface area (Å²) in [7, 11) is 0. The van der Waals surface area contributed by atoms with Crippen LogP contribution in [0.2, 0.25) is 5.02 Å². The summed E-state index contributed by atoms with van der Waals surface area (Å²) in [6, 6.07) is 12.6. The lowest BCUT2D eigenvalue weighted by Crippen LogP contribution is -2.05. The Bertz CT molecular complexity index is 1090. The highest BCUT2D eigenvalue weighted by Crippen LogP contribution is 2.28. The number of nitro groups is 1. The minimum atomic E-state index is -1.21. The number of nitrogens with one attached hydrogen (secondary N) is 1. The Kier molecular flexibility index (Phi) is 6.30. The van der Waals surface area contributed by atoms with Crippen molar-refractivity contribution < 1.29 is 14.8 Å². The summed E-state index contributed by atoms with van der Waals surface area (Å²) in [5, 5.41) is 24.4. The van der Waals surface area contributed by atoms with Crippen LogP contribution in [-0.4, -0.2) is 26.0 Å². The molecular formula is C19H15ClN4O4S. The average Bonchev–Trinajstić information content (AvgIpc) is 2.66. The number of halogens is 1. The van der Waals surface area contributed by atoms with E-state index in [0.29, 0.717) is 27.4 Å². The van der Waals surface area contributed by atoms with Crippen LogP contribution in [0.5, 0.6) is 0 Å². The van der Waals surface area contributed by atoms with Crippen molar-refractivity contribution in [1.29, 1.82) is 0 Å². The van der Waals surface area contributed by atoms with E-state index in [0.717, 1.165) is 17.7 Å². The quantitative estimate of drug-likeness (QED) is 0.230. The molecule has 2 N–H and O–H groups in total. The minimum Gasteiger partial charge on any atom is -0.478 e. The highest BCUT2D eigenvalue weighted by atomic mass is 35.5. The molecule has 0 unspecified atom stereocenters. The molecule has 0 aliphatic carbocycles. The molecule has 0 radical (unpaired) electrons. The molecule has 1 heterocycles. The number of aryl methyl sites for hydroxylation is 1. The smallest absolute Gasteiger partial charge is 0.337 e. The Morgan fingerprint density at radius 2 is 2.00 bits per heavy atom. The maximum absolute atomic E-state index is 11.5. The van der Waals surface area contributed by atoms with Gasteiger partial charge in [-0.05, 0) is 24.6 Å². The van der Waals surface area contributed by atoms with Gasteiger partial charge in [-0.25, -0.2) is 14.8 Å². The predicted molar refractivity (Wildman–Crippen MR) is 111 cm³/mol. The number of rotatable bonds is 7. The maximum Gasteiger partial charge on any atom is 0.337 e. The lowest BCUT2D eigenvalue weighted by atomic mass is 10.1. The van der Waals surface area contributed by atoms with Crippen LogP contribution in [0.3, 0.4) is 0 Å². The Morgan fingerprint density at radius 3 is 2.69 bits per heavy atom. The van der Waals surface area contributed by atoms with Crippen molar-refractivity contribution in [3.63, 3.8) is 0 Å². The molecule has 0 saturated carbocycles. The molecule has 0 aliphatic heterocycles. The number of carboxylic acids is 1. The first-order valence-electron chi connectivity index (χ1n) is 8.34. The molecule has 3 rings (SSSR count). The number of benzene rings is 2. The summed E-state index contributed by atoms with van der Waals surface area (Å²) < 4.78 is 0. The van der Waals surface area contributed by atoms with E-state index in [1.54, 1.807) is 19.1 Å². The van der Waals surface area contributed by atoms with Crippen molar-refractivity contribution in [3.8, 4) is 0 Å². The summed E-state index contributed by atoms with van der Waals surface area (Å²) in [5.41, 5.74) is 1.35. The molecule has 8 nitrogen and oxygen atoms in total. The third-order valence-corrected chi connectivity index (χ3v) is 5.12. The number of hydrogen-bond donors (Lipinski definition) is 2. The van der Waals surface area contributed by atoms with Gasteiger partial charge in [0.05, 0.1) is 16.2 Å². The van der Waals surface area contributed by atoms with Gasteiger partial charge in [-0.15, -0.1) is 0 Å². The van der Waals surface area contributed by atoms with Gasteiger partial charge in [-0.2, -0.15) is 0 Å². The van der Waals surface area contributed by atoms with E-state index in [-0.39, 0.29) is 16.9 Å². The van der Waals surface area contributed by atoms with Crippen molar-refractivity contribution in [2.24, 2.45) is 0 Å². The van der Waals surface area contributed by atoms with Crippen LogP contribution in [0.15, 0.2) is 53.7 Å². The van der Waals surface area contributed by atoms with Crippen LogP contribution >= 0.6 is 23.4 Å². The average molecular weight is 431 g/mol. The summed E-state index contributed by atoms with van der Waals surface area (Å²) in [4.78, 5) is 30.7. The number of non-ortho nitro benzene ring substituents is 1. The highest BCUT2D eigenvalue weighted by Gasteiger charge is 2.16. The monoisotopic (exact) mass is 430 g/mol. The zero-order valence-corrected chi connectivity index (χ0v) is 16.7. The summed E-state index contributed by atoms with van der Waals surface area (Å²) >= 11 is 7.54. The topological polar surface area (TPSA) is 118 Å². The molecule has 2 aromatic carbocycles. The number of nitro benzene ring substituents is 1. The number of thioether (sulfide) groups is 1. The van der Waals surface area contributed by atoms with Gasteiger partial charge in [0, 0.05) is 34.7 Å². The second-order valence-corrected chi connectivity index (χ2v) is 7.32. The van der Waals surface area contributed by atoms with E-state index in [1.165, 1.54) is 17.8 Å². The van der Waals surface area contributed by atoms with Crippen LogP contribution in [0.4, 0.5) is 17.2 Å². The number of nitrogens with zero attached hydrogens (tertiary/aromatic N) is 3. The third kappa shape index (κ3) is 5.21. The summed E-state index contributed by atoms with van der Waals surface area (Å²) in [6.07, 6.45) is 0. The van der Waals surface area contributed by atoms with Crippen molar-refractivity contribution in [1.82, 2.24) is 9.97 Å². The molecule has 148 valence electrons. The lowest BCUT2D eigenvalue weighted by Gasteiger charge is -2.11. The minimum absolute atomic E-state index is 0.0758. The second-order valence-electron chi connectivity index (χ2n) is 5.97. The molecule has 0 fully saturated rings. The molecule has 0 saturated heterocycles. The van der Waals surface area contributed by atoms with Crippen LogP contribution < -0.4 is 5.32 Å². The Hall–Kier alpha value is -3.17. The standard InChI is InChI=1S/C19H15ClN4O4S/c1-11-8-17(22-16-9-13(24(27)28)6-7-14(16)18(25)26)23-19(21-11)29-10-12-4-2-3-5-15(12)20/h2-9H,10H2,1H3,(H,25,26)(H,21,22,23). The first-order valence-corrected chi connectivity index (χ1v) is 9.70. The van der Waals surface area contributed by atoms with Gasteiger partial charge in [0.1, 0.15) is 5.82 Å². The Morgan fingerprint density at radius 1 is 1.24 bits per heavy atom. The van der Waals surface area contributed by atoms with E-state index in [2.05, 4.69) is 15.3 Å². The lowest BCUT2D eigenvalue weighted by molar-refractivity contribution is -0.384. The van der Waals surface area contributed by atoms with Crippen LogP contribution in [0, 0.1) is 17.0 Å².